The van der Waals surface area contributed by atoms with Crippen molar-refractivity contribution in [3.05, 3.63) is 29.3 Å². The highest BCUT2D eigenvalue weighted by Gasteiger charge is 2.19. The van der Waals surface area contributed by atoms with Crippen LogP contribution in [0.3, 0.4) is 0 Å². The van der Waals surface area contributed by atoms with Crippen molar-refractivity contribution in [1.29, 1.82) is 0 Å². The van der Waals surface area contributed by atoms with E-state index < -0.39 is 0 Å². The number of hydrogen-bond acceptors (Lipinski definition) is 4. The smallest absolute Gasteiger partial charge is 0.307 e. The summed E-state index contributed by atoms with van der Waals surface area (Å²) in [6.07, 6.45) is 1.31. The fourth-order valence-electron chi connectivity index (χ4n) is 2.36. The van der Waals surface area contributed by atoms with E-state index >= 15 is 0 Å². The van der Waals surface area contributed by atoms with E-state index in [1.807, 2.05) is 26.0 Å². The van der Waals surface area contributed by atoms with Gasteiger partial charge in [-0.15, -0.1) is 0 Å². The quantitative estimate of drug-likeness (QED) is 0.800. The molecule has 0 aromatic heterocycles. The predicted octanol–water partition coefficient (Wildman–Crippen LogP) is 2.23. The van der Waals surface area contributed by atoms with Gasteiger partial charge in [-0.25, -0.2) is 0 Å². The summed E-state index contributed by atoms with van der Waals surface area (Å²) in [5, 5.41) is 3.34. The number of carbonyl (C=O) groups excluding carboxylic acids is 1. The summed E-state index contributed by atoms with van der Waals surface area (Å²) < 4.78 is 10.5. The molecule has 0 amide bonds. The van der Waals surface area contributed by atoms with Gasteiger partial charge in [-0.3, -0.25) is 4.79 Å². The number of hydrogen-bond donors (Lipinski definition) is 1. The van der Waals surface area contributed by atoms with Crippen molar-refractivity contribution in [1.82, 2.24) is 5.32 Å². The molecule has 4 heteroatoms. The van der Waals surface area contributed by atoms with E-state index in [-0.39, 0.29) is 12.0 Å². The molecule has 0 bridgehead atoms. The molecular weight excluding hydrogens is 242 g/mol. The standard InChI is InChI=1S/C15H21NO3/c1-3-16-13(10-15(17)18-4-2)11-5-6-14-12(9-11)7-8-19-14/h5-6,9,13,16H,3-4,7-8,10H2,1-2H3. The first-order valence-corrected chi connectivity index (χ1v) is 6.89. The van der Waals surface area contributed by atoms with Gasteiger partial charge in [-0.05, 0) is 30.7 Å². The zero-order valence-electron chi connectivity index (χ0n) is 11.6. The Labute approximate surface area is 114 Å². The van der Waals surface area contributed by atoms with Gasteiger partial charge >= 0.3 is 5.97 Å². The van der Waals surface area contributed by atoms with Crippen molar-refractivity contribution in [2.24, 2.45) is 0 Å². The highest BCUT2D eigenvalue weighted by Crippen LogP contribution is 2.29. The Hall–Kier alpha value is -1.55. The van der Waals surface area contributed by atoms with Crippen molar-refractivity contribution in [3.8, 4) is 5.75 Å². The van der Waals surface area contributed by atoms with Crippen molar-refractivity contribution < 1.29 is 14.3 Å². The predicted molar refractivity (Wildman–Crippen MR) is 73.3 cm³/mol. The molecule has 1 N–H and O–H groups in total. The van der Waals surface area contributed by atoms with Gasteiger partial charge in [0.15, 0.2) is 0 Å². The zero-order chi connectivity index (χ0) is 13.7. The fraction of sp³-hybridized carbons (Fsp3) is 0.533. The molecule has 2 rings (SSSR count). The largest absolute Gasteiger partial charge is 0.493 e. The zero-order valence-corrected chi connectivity index (χ0v) is 11.6. The van der Waals surface area contributed by atoms with Crippen LogP contribution in [-0.2, 0) is 16.0 Å². The second-order valence-electron chi connectivity index (χ2n) is 4.59. The van der Waals surface area contributed by atoms with E-state index in [2.05, 4.69) is 11.4 Å². The Bertz CT molecular complexity index is 445. The minimum atomic E-state index is -0.162. The average Bonchev–Trinajstić information content (AvgIpc) is 2.85. The summed E-state index contributed by atoms with van der Waals surface area (Å²) in [7, 11) is 0. The first-order valence-electron chi connectivity index (χ1n) is 6.89. The van der Waals surface area contributed by atoms with Gasteiger partial charge in [0, 0.05) is 12.5 Å². The fourth-order valence-corrected chi connectivity index (χ4v) is 2.36. The van der Waals surface area contributed by atoms with Crippen LogP contribution in [0.15, 0.2) is 18.2 Å². The lowest BCUT2D eigenvalue weighted by Crippen LogP contribution is -2.24. The van der Waals surface area contributed by atoms with Gasteiger partial charge in [0.2, 0.25) is 0 Å². The molecule has 104 valence electrons. The topological polar surface area (TPSA) is 47.6 Å². The van der Waals surface area contributed by atoms with Gasteiger partial charge < -0.3 is 14.8 Å². The Morgan fingerprint density at radius 3 is 3.05 bits per heavy atom. The minimum Gasteiger partial charge on any atom is -0.493 e. The van der Waals surface area contributed by atoms with Crippen LogP contribution < -0.4 is 10.1 Å². The number of esters is 1. The third kappa shape index (κ3) is 3.47. The van der Waals surface area contributed by atoms with E-state index in [9.17, 15) is 4.79 Å². The molecular formula is C15H21NO3. The highest BCUT2D eigenvalue weighted by molar-refractivity contribution is 5.70. The van der Waals surface area contributed by atoms with Crippen molar-refractivity contribution in [2.45, 2.75) is 32.7 Å². The Morgan fingerprint density at radius 2 is 2.32 bits per heavy atom. The second kappa shape index (κ2) is 6.57. The Balaban J connectivity index is 2.11. The van der Waals surface area contributed by atoms with Gasteiger partial charge in [0.05, 0.1) is 19.6 Å². The molecule has 1 aliphatic rings. The van der Waals surface area contributed by atoms with Gasteiger partial charge in [0.1, 0.15) is 5.75 Å². The SMILES string of the molecule is CCNC(CC(=O)OCC)c1ccc2c(c1)CCO2. The molecule has 1 heterocycles. The van der Waals surface area contributed by atoms with Crippen LogP contribution in [0, 0.1) is 0 Å². The van der Waals surface area contributed by atoms with E-state index in [1.165, 1.54) is 5.56 Å². The van der Waals surface area contributed by atoms with Crippen LogP contribution in [0.1, 0.15) is 37.4 Å². The normalized spacial score (nSPS) is 14.6. The molecule has 0 radical (unpaired) electrons. The summed E-state index contributed by atoms with van der Waals surface area (Å²) in [6, 6.07) is 6.16. The van der Waals surface area contributed by atoms with E-state index in [0.29, 0.717) is 13.0 Å². The number of benzene rings is 1. The van der Waals surface area contributed by atoms with E-state index in [4.69, 9.17) is 9.47 Å². The van der Waals surface area contributed by atoms with Crippen LogP contribution in [0.2, 0.25) is 0 Å². The maximum atomic E-state index is 11.6. The maximum Gasteiger partial charge on any atom is 0.307 e. The second-order valence-corrected chi connectivity index (χ2v) is 4.59. The van der Waals surface area contributed by atoms with Gasteiger partial charge in [0.25, 0.3) is 0 Å². The van der Waals surface area contributed by atoms with Crippen LogP contribution >= 0.6 is 0 Å². The van der Waals surface area contributed by atoms with E-state index in [0.717, 1.165) is 30.9 Å². The molecule has 1 aliphatic heterocycles. The van der Waals surface area contributed by atoms with Crippen molar-refractivity contribution in [3.63, 3.8) is 0 Å². The monoisotopic (exact) mass is 263 g/mol. The lowest BCUT2D eigenvalue weighted by molar-refractivity contribution is -0.143. The number of fused-ring (bicyclic) bond motifs is 1. The molecule has 0 saturated heterocycles. The maximum absolute atomic E-state index is 11.6. The molecule has 0 saturated carbocycles. The van der Waals surface area contributed by atoms with Crippen molar-refractivity contribution >= 4 is 5.97 Å². The third-order valence-corrected chi connectivity index (χ3v) is 3.24. The first-order chi connectivity index (χ1) is 9.24. The lowest BCUT2D eigenvalue weighted by atomic mass is 10.00. The molecule has 4 nitrogen and oxygen atoms in total. The Kier molecular flexibility index (Phi) is 4.80. The highest BCUT2D eigenvalue weighted by atomic mass is 16.5. The minimum absolute atomic E-state index is 0.00921. The molecule has 1 aromatic carbocycles. The van der Waals surface area contributed by atoms with Crippen molar-refractivity contribution in [2.75, 3.05) is 19.8 Å². The summed E-state index contributed by atoms with van der Waals surface area (Å²) in [5.41, 5.74) is 2.35. The number of nitrogens with one attached hydrogen (secondary N) is 1. The van der Waals surface area contributed by atoms with Gasteiger partial charge in [-0.1, -0.05) is 19.1 Å². The molecule has 1 aromatic rings. The summed E-state index contributed by atoms with van der Waals surface area (Å²) in [4.78, 5) is 11.6. The summed E-state index contributed by atoms with van der Waals surface area (Å²) in [5.74, 6) is 0.806. The molecule has 19 heavy (non-hydrogen) atoms. The molecule has 0 fully saturated rings. The molecule has 1 unspecified atom stereocenters. The molecule has 0 spiro atoms. The van der Waals surface area contributed by atoms with Crippen LogP contribution in [0.5, 0.6) is 5.75 Å². The Morgan fingerprint density at radius 1 is 1.47 bits per heavy atom. The van der Waals surface area contributed by atoms with Crippen LogP contribution in [0.4, 0.5) is 0 Å². The summed E-state index contributed by atoms with van der Waals surface area (Å²) in [6.45, 7) is 5.86. The van der Waals surface area contributed by atoms with Crippen LogP contribution in [0.25, 0.3) is 0 Å². The van der Waals surface area contributed by atoms with Crippen LogP contribution in [-0.4, -0.2) is 25.7 Å². The number of rotatable bonds is 6. The first kappa shape index (κ1) is 13.9. The van der Waals surface area contributed by atoms with E-state index in [1.54, 1.807) is 0 Å². The molecule has 1 atom stereocenters. The average molecular weight is 263 g/mol. The van der Waals surface area contributed by atoms with Gasteiger partial charge in [-0.2, -0.15) is 0 Å². The number of ether oxygens (including phenoxy) is 2. The molecule has 0 aliphatic carbocycles. The lowest BCUT2D eigenvalue weighted by Gasteiger charge is -2.18. The third-order valence-electron chi connectivity index (χ3n) is 3.24. The number of carbonyl (C=O) groups is 1. The summed E-state index contributed by atoms with van der Waals surface area (Å²) >= 11 is 0.